The molecule has 0 saturated carbocycles. The summed E-state index contributed by atoms with van der Waals surface area (Å²) in [7, 11) is 3.25. The van der Waals surface area contributed by atoms with Crippen molar-refractivity contribution in [2.45, 2.75) is 19.4 Å². The SMILES string of the molecule is COc1cc2c(cc1OC)[C@H](C)N(C(=O)c1ccc(N)cc1)CC2. The highest BCUT2D eigenvalue weighted by Gasteiger charge is 2.29. The maximum absolute atomic E-state index is 12.8. The zero-order valence-electron chi connectivity index (χ0n) is 14.2. The average molecular weight is 326 g/mol. The third-order valence-corrected chi connectivity index (χ3v) is 4.60. The predicted molar refractivity (Wildman–Crippen MR) is 93.6 cm³/mol. The molecule has 1 atom stereocenters. The molecule has 1 heterocycles. The summed E-state index contributed by atoms with van der Waals surface area (Å²) in [6.07, 6.45) is 0.792. The van der Waals surface area contributed by atoms with Crippen molar-refractivity contribution in [2.75, 3.05) is 26.5 Å². The van der Waals surface area contributed by atoms with Crippen LogP contribution in [0.1, 0.15) is 34.5 Å². The van der Waals surface area contributed by atoms with E-state index < -0.39 is 0 Å². The Labute approximate surface area is 142 Å². The van der Waals surface area contributed by atoms with E-state index in [0.717, 1.165) is 17.7 Å². The molecule has 0 bridgehead atoms. The van der Waals surface area contributed by atoms with Crippen LogP contribution in [-0.2, 0) is 6.42 Å². The summed E-state index contributed by atoms with van der Waals surface area (Å²) in [5.41, 5.74) is 9.31. The number of benzene rings is 2. The molecular formula is C19H22N2O3. The van der Waals surface area contributed by atoms with Gasteiger partial charge in [0.25, 0.3) is 5.91 Å². The van der Waals surface area contributed by atoms with Gasteiger partial charge in [0.05, 0.1) is 20.3 Å². The van der Waals surface area contributed by atoms with Gasteiger partial charge in [0.2, 0.25) is 0 Å². The molecule has 2 aromatic rings. The number of nitrogens with two attached hydrogens (primary N) is 1. The zero-order valence-corrected chi connectivity index (χ0v) is 14.2. The van der Waals surface area contributed by atoms with Crippen molar-refractivity contribution in [3.05, 3.63) is 53.1 Å². The van der Waals surface area contributed by atoms with Gasteiger partial charge in [-0.15, -0.1) is 0 Å². The van der Waals surface area contributed by atoms with E-state index >= 15 is 0 Å². The largest absolute Gasteiger partial charge is 0.493 e. The van der Waals surface area contributed by atoms with Crippen molar-refractivity contribution in [1.29, 1.82) is 0 Å². The molecule has 1 aliphatic heterocycles. The number of fused-ring (bicyclic) bond motifs is 1. The number of ether oxygens (including phenoxy) is 2. The van der Waals surface area contributed by atoms with Gasteiger partial charge in [-0.05, 0) is 60.9 Å². The number of anilines is 1. The molecule has 2 aromatic carbocycles. The van der Waals surface area contributed by atoms with Gasteiger partial charge in [-0.25, -0.2) is 0 Å². The molecule has 0 saturated heterocycles. The van der Waals surface area contributed by atoms with Crippen LogP contribution in [0.15, 0.2) is 36.4 Å². The summed E-state index contributed by atoms with van der Waals surface area (Å²) in [5, 5.41) is 0. The van der Waals surface area contributed by atoms with Crippen LogP contribution in [0.2, 0.25) is 0 Å². The molecule has 3 rings (SSSR count). The van der Waals surface area contributed by atoms with Crippen LogP contribution in [0.5, 0.6) is 11.5 Å². The second kappa shape index (κ2) is 6.43. The summed E-state index contributed by atoms with van der Waals surface area (Å²) in [5.74, 6) is 1.43. The smallest absolute Gasteiger partial charge is 0.254 e. The third kappa shape index (κ3) is 2.77. The van der Waals surface area contributed by atoms with Crippen molar-refractivity contribution in [3.8, 4) is 11.5 Å². The van der Waals surface area contributed by atoms with Gasteiger partial charge >= 0.3 is 0 Å². The lowest BCUT2D eigenvalue weighted by Crippen LogP contribution is -2.38. The molecule has 2 N–H and O–H groups in total. The summed E-state index contributed by atoms with van der Waals surface area (Å²) < 4.78 is 10.8. The van der Waals surface area contributed by atoms with Gasteiger partial charge in [0, 0.05) is 17.8 Å². The minimum atomic E-state index is -0.0291. The molecule has 1 amide bonds. The van der Waals surface area contributed by atoms with Crippen LogP contribution in [0.3, 0.4) is 0 Å². The Morgan fingerprint density at radius 3 is 2.38 bits per heavy atom. The van der Waals surface area contributed by atoms with E-state index in [-0.39, 0.29) is 11.9 Å². The summed E-state index contributed by atoms with van der Waals surface area (Å²) in [6, 6.07) is 11.0. The molecule has 126 valence electrons. The Morgan fingerprint density at radius 2 is 1.75 bits per heavy atom. The first-order valence-corrected chi connectivity index (χ1v) is 7.96. The van der Waals surface area contributed by atoms with E-state index in [1.165, 1.54) is 5.56 Å². The second-order valence-electron chi connectivity index (χ2n) is 5.95. The number of rotatable bonds is 3. The maximum Gasteiger partial charge on any atom is 0.254 e. The number of carbonyl (C=O) groups excluding carboxylic acids is 1. The predicted octanol–water partition coefficient (Wildman–Crippen LogP) is 3.05. The van der Waals surface area contributed by atoms with Gasteiger partial charge < -0.3 is 20.1 Å². The maximum atomic E-state index is 12.8. The first-order chi connectivity index (χ1) is 11.5. The number of carbonyl (C=O) groups is 1. The molecule has 0 aliphatic carbocycles. The molecule has 0 unspecified atom stereocenters. The molecule has 1 aliphatic rings. The Kier molecular flexibility index (Phi) is 4.34. The number of nitrogens with zero attached hydrogens (tertiary/aromatic N) is 1. The van der Waals surface area contributed by atoms with Crippen molar-refractivity contribution in [3.63, 3.8) is 0 Å². The van der Waals surface area contributed by atoms with Crippen LogP contribution < -0.4 is 15.2 Å². The van der Waals surface area contributed by atoms with Gasteiger partial charge in [-0.3, -0.25) is 4.79 Å². The second-order valence-corrected chi connectivity index (χ2v) is 5.95. The van der Waals surface area contributed by atoms with E-state index in [2.05, 4.69) is 0 Å². The standard InChI is InChI=1S/C19H22N2O3/c1-12-16-11-18(24-3)17(23-2)10-14(16)8-9-21(12)19(22)13-4-6-15(20)7-5-13/h4-7,10-12H,8-9,20H2,1-3H3/t12-/m0/s1. The fourth-order valence-corrected chi connectivity index (χ4v) is 3.21. The number of hydrogen-bond donors (Lipinski definition) is 1. The quantitative estimate of drug-likeness (QED) is 0.881. The van der Waals surface area contributed by atoms with E-state index in [1.54, 1.807) is 38.5 Å². The van der Waals surface area contributed by atoms with E-state index in [4.69, 9.17) is 15.2 Å². The molecule has 0 radical (unpaired) electrons. The zero-order chi connectivity index (χ0) is 17.3. The van der Waals surface area contributed by atoms with Gasteiger partial charge in [-0.1, -0.05) is 0 Å². The number of amides is 1. The summed E-state index contributed by atoms with van der Waals surface area (Å²) >= 11 is 0. The van der Waals surface area contributed by atoms with E-state index in [9.17, 15) is 4.79 Å². The normalized spacial score (nSPS) is 16.5. The lowest BCUT2D eigenvalue weighted by molar-refractivity contribution is 0.0677. The Bertz CT molecular complexity index is 756. The highest BCUT2D eigenvalue weighted by atomic mass is 16.5. The highest BCUT2D eigenvalue weighted by molar-refractivity contribution is 5.95. The Morgan fingerprint density at radius 1 is 1.12 bits per heavy atom. The minimum Gasteiger partial charge on any atom is -0.493 e. The Hall–Kier alpha value is -2.69. The number of methoxy groups -OCH3 is 2. The van der Waals surface area contributed by atoms with Crippen molar-refractivity contribution in [2.24, 2.45) is 0 Å². The molecule has 5 nitrogen and oxygen atoms in total. The topological polar surface area (TPSA) is 64.8 Å². The molecule has 0 aromatic heterocycles. The molecule has 0 fully saturated rings. The first kappa shape index (κ1) is 16.2. The van der Waals surface area contributed by atoms with Gasteiger partial charge in [0.15, 0.2) is 11.5 Å². The van der Waals surface area contributed by atoms with Crippen LogP contribution in [0.25, 0.3) is 0 Å². The van der Waals surface area contributed by atoms with Crippen LogP contribution in [0, 0.1) is 0 Å². The van der Waals surface area contributed by atoms with E-state index in [0.29, 0.717) is 23.5 Å². The van der Waals surface area contributed by atoms with Crippen molar-refractivity contribution >= 4 is 11.6 Å². The van der Waals surface area contributed by atoms with Gasteiger partial charge in [-0.2, -0.15) is 0 Å². The van der Waals surface area contributed by atoms with Gasteiger partial charge in [0.1, 0.15) is 0 Å². The average Bonchev–Trinajstić information content (AvgIpc) is 2.61. The first-order valence-electron chi connectivity index (χ1n) is 7.96. The van der Waals surface area contributed by atoms with E-state index in [1.807, 2.05) is 24.0 Å². The monoisotopic (exact) mass is 326 g/mol. The van der Waals surface area contributed by atoms with Crippen molar-refractivity contribution in [1.82, 2.24) is 4.90 Å². The van der Waals surface area contributed by atoms with Crippen LogP contribution >= 0.6 is 0 Å². The van der Waals surface area contributed by atoms with Crippen LogP contribution in [-0.4, -0.2) is 31.6 Å². The molecule has 24 heavy (non-hydrogen) atoms. The highest BCUT2D eigenvalue weighted by Crippen LogP contribution is 2.38. The minimum absolute atomic E-state index is 0.0166. The summed E-state index contributed by atoms with van der Waals surface area (Å²) in [4.78, 5) is 14.7. The lowest BCUT2D eigenvalue weighted by Gasteiger charge is -2.36. The van der Waals surface area contributed by atoms with Crippen LogP contribution in [0.4, 0.5) is 5.69 Å². The Balaban J connectivity index is 1.92. The summed E-state index contributed by atoms with van der Waals surface area (Å²) in [6.45, 7) is 2.71. The number of hydrogen-bond acceptors (Lipinski definition) is 4. The molecular weight excluding hydrogens is 304 g/mol. The molecule has 5 heteroatoms. The third-order valence-electron chi connectivity index (χ3n) is 4.60. The number of nitrogen functional groups attached to an aromatic ring is 1. The lowest BCUT2D eigenvalue weighted by atomic mass is 9.92. The van der Waals surface area contributed by atoms with Crippen molar-refractivity contribution < 1.29 is 14.3 Å². The molecule has 0 spiro atoms. The fourth-order valence-electron chi connectivity index (χ4n) is 3.21. The fraction of sp³-hybridized carbons (Fsp3) is 0.316.